The molecular weight excluding hydrogens is 251 g/mol. The number of thioether (sulfide) groups is 1. The maximum absolute atomic E-state index is 13.4. The summed E-state index contributed by atoms with van der Waals surface area (Å²) >= 11 is 1.59. The molecule has 0 heterocycles. The predicted octanol–water partition coefficient (Wildman–Crippen LogP) is 3.77. The van der Waals surface area contributed by atoms with Gasteiger partial charge in [-0.05, 0) is 42.7 Å². The van der Waals surface area contributed by atoms with E-state index in [0.717, 1.165) is 4.90 Å². The van der Waals surface area contributed by atoms with Gasteiger partial charge in [-0.2, -0.15) is 0 Å². The highest BCUT2D eigenvalue weighted by Crippen LogP contribution is 2.20. The summed E-state index contributed by atoms with van der Waals surface area (Å²) in [6.07, 6.45) is 1.96. The molecule has 0 amide bonds. The summed E-state index contributed by atoms with van der Waals surface area (Å²) in [5.41, 5.74) is -0.0635. The van der Waals surface area contributed by atoms with Crippen LogP contribution in [0.15, 0.2) is 53.4 Å². The summed E-state index contributed by atoms with van der Waals surface area (Å²) in [4.78, 5) is 12.8. The lowest BCUT2D eigenvalue weighted by molar-refractivity contribution is 0.0730. The fourth-order valence-electron chi connectivity index (χ4n) is 1.43. The minimum absolute atomic E-state index is 0.0635. The summed E-state index contributed by atoms with van der Waals surface area (Å²) in [7, 11) is 0. The van der Waals surface area contributed by atoms with Crippen molar-refractivity contribution in [2.45, 2.75) is 4.90 Å². The molecule has 0 spiro atoms. The van der Waals surface area contributed by atoms with Gasteiger partial charge in [-0.25, -0.2) is 9.18 Å². The molecule has 0 N–H and O–H groups in total. The molecule has 0 saturated heterocycles. The maximum Gasteiger partial charge on any atom is 0.346 e. The molecule has 2 aromatic rings. The van der Waals surface area contributed by atoms with Crippen molar-refractivity contribution in [3.8, 4) is 5.75 Å². The Kier molecular flexibility index (Phi) is 3.99. The van der Waals surface area contributed by atoms with Crippen LogP contribution in [0.3, 0.4) is 0 Å². The van der Waals surface area contributed by atoms with Gasteiger partial charge in [-0.1, -0.05) is 12.1 Å². The first-order valence-corrected chi connectivity index (χ1v) is 6.54. The Morgan fingerprint density at radius 3 is 2.39 bits per heavy atom. The molecule has 92 valence electrons. The summed E-state index contributed by atoms with van der Waals surface area (Å²) in [6, 6.07) is 12.8. The molecule has 0 aromatic heterocycles. The van der Waals surface area contributed by atoms with E-state index in [2.05, 4.69) is 0 Å². The third-order valence-electron chi connectivity index (χ3n) is 2.36. The predicted molar refractivity (Wildman–Crippen MR) is 69.6 cm³/mol. The lowest BCUT2D eigenvalue weighted by Crippen LogP contribution is -2.10. The van der Waals surface area contributed by atoms with Crippen LogP contribution in [-0.2, 0) is 0 Å². The van der Waals surface area contributed by atoms with E-state index in [1.165, 1.54) is 18.2 Å². The van der Waals surface area contributed by atoms with Crippen LogP contribution in [0.1, 0.15) is 10.4 Å². The second-order valence-corrected chi connectivity index (χ2v) is 4.42. The fraction of sp³-hybridized carbons (Fsp3) is 0.0714. The first-order chi connectivity index (χ1) is 8.70. The highest BCUT2D eigenvalue weighted by atomic mass is 32.2. The van der Waals surface area contributed by atoms with E-state index in [0.29, 0.717) is 5.75 Å². The molecule has 4 heteroatoms. The van der Waals surface area contributed by atoms with E-state index in [4.69, 9.17) is 4.74 Å². The van der Waals surface area contributed by atoms with E-state index in [1.54, 1.807) is 30.0 Å². The van der Waals surface area contributed by atoms with E-state index in [9.17, 15) is 9.18 Å². The van der Waals surface area contributed by atoms with Crippen LogP contribution < -0.4 is 4.74 Å². The van der Waals surface area contributed by atoms with Crippen LogP contribution in [0.5, 0.6) is 5.75 Å². The molecule has 2 aromatic carbocycles. The van der Waals surface area contributed by atoms with Gasteiger partial charge in [0.25, 0.3) is 0 Å². The van der Waals surface area contributed by atoms with E-state index >= 15 is 0 Å². The Morgan fingerprint density at radius 2 is 1.78 bits per heavy atom. The summed E-state index contributed by atoms with van der Waals surface area (Å²) in [5.74, 6) is -0.866. The van der Waals surface area contributed by atoms with Crippen LogP contribution in [0, 0.1) is 5.82 Å². The van der Waals surface area contributed by atoms with Gasteiger partial charge in [0.15, 0.2) is 0 Å². The van der Waals surface area contributed by atoms with Crippen LogP contribution in [0.25, 0.3) is 0 Å². The van der Waals surface area contributed by atoms with Gasteiger partial charge in [0.2, 0.25) is 0 Å². The lowest BCUT2D eigenvalue weighted by Gasteiger charge is -2.05. The molecule has 0 atom stereocenters. The van der Waals surface area contributed by atoms with Crippen molar-refractivity contribution in [1.82, 2.24) is 0 Å². The lowest BCUT2D eigenvalue weighted by atomic mass is 10.2. The van der Waals surface area contributed by atoms with Crippen LogP contribution in [0.4, 0.5) is 4.39 Å². The minimum atomic E-state index is -0.690. The molecule has 0 radical (unpaired) electrons. The average Bonchev–Trinajstić information content (AvgIpc) is 2.40. The van der Waals surface area contributed by atoms with E-state index in [1.807, 2.05) is 18.4 Å². The van der Waals surface area contributed by atoms with Crippen molar-refractivity contribution in [2.75, 3.05) is 6.26 Å². The Hall–Kier alpha value is -1.81. The van der Waals surface area contributed by atoms with Gasteiger partial charge in [-0.3, -0.25) is 0 Å². The summed E-state index contributed by atoms with van der Waals surface area (Å²) < 4.78 is 18.4. The number of rotatable bonds is 3. The molecule has 2 nitrogen and oxygen atoms in total. The summed E-state index contributed by atoms with van der Waals surface area (Å²) in [5, 5.41) is 0. The zero-order chi connectivity index (χ0) is 13.0. The number of carbonyl (C=O) groups is 1. The number of hydrogen-bond donors (Lipinski definition) is 0. The van der Waals surface area contributed by atoms with Crippen LogP contribution in [-0.4, -0.2) is 12.2 Å². The van der Waals surface area contributed by atoms with Crippen molar-refractivity contribution in [3.05, 3.63) is 59.9 Å². The highest BCUT2D eigenvalue weighted by Gasteiger charge is 2.12. The molecule has 0 aliphatic rings. The topological polar surface area (TPSA) is 26.3 Å². The van der Waals surface area contributed by atoms with Gasteiger partial charge < -0.3 is 4.74 Å². The Balaban J connectivity index is 2.14. The second-order valence-electron chi connectivity index (χ2n) is 3.54. The van der Waals surface area contributed by atoms with Crippen molar-refractivity contribution in [1.29, 1.82) is 0 Å². The van der Waals surface area contributed by atoms with Crippen LogP contribution in [0.2, 0.25) is 0 Å². The SMILES string of the molecule is CSc1ccc(OC(=O)c2ccccc2F)cc1. The fourth-order valence-corrected chi connectivity index (χ4v) is 1.84. The Labute approximate surface area is 109 Å². The Morgan fingerprint density at radius 1 is 1.11 bits per heavy atom. The standard InChI is InChI=1S/C14H11FO2S/c1-18-11-8-6-10(7-9-11)17-14(16)12-4-2-3-5-13(12)15/h2-9H,1H3. The number of benzene rings is 2. The molecular formula is C14H11FO2S. The number of halogens is 1. The molecule has 18 heavy (non-hydrogen) atoms. The first-order valence-electron chi connectivity index (χ1n) is 5.31. The molecule has 0 saturated carbocycles. The normalized spacial score (nSPS) is 10.1. The monoisotopic (exact) mass is 262 g/mol. The smallest absolute Gasteiger partial charge is 0.346 e. The third-order valence-corrected chi connectivity index (χ3v) is 3.11. The quantitative estimate of drug-likeness (QED) is 0.478. The van der Waals surface area contributed by atoms with E-state index in [-0.39, 0.29) is 5.56 Å². The van der Waals surface area contributed by atoms with Crippen molar-refractivity contribution >= 4 is 17.7 Å². The van der Waals surface area contributed by atoms with E-state index < -0.39 is 11.8 Å². The number of hydrogen-bond acceptors (Lipinski definition) is 3. The third kappa shape index (κ3) is 2.90. The number of ether oxygens (including phenoxy) is 1. The van der Waals surface area contributed by atoms with Gasteiger partial charge in [-0.15, -0.1) is 11.8 Å². The molecule has 0 fully saturated rings. The largest absolute Gasteiger partial charge is 0.423 e. The van der Waals surface area contributed by atoms with Gasteiger partial charge in [0.1, 0.15) is 11.6 Å². The number of carbonyl (C=O) groups excluding carboxylic acids is 1. The molecule has 0 unspecified atom stereocenters. The minimum Gasteiger partial charge on any atom is -0.423 e. The van der Waals surface area contributed by atoms with Gasteiger partial charge in [0, 0.05) is 4.90 Å². The van der Waals surface area contributed by atoms with Crippen molar-refractivity contribution in [2.24, 2.45) is 0 Å². The zero-order valence-electron chi connectivity index (χ0n) is 9.72. The van der Waals surface area contributed by atoms with Gasteiger partial charge in [0.05, 0.1) is 5.56 Å². The Bertz CT molecular complexity index is 552. The molecule has 0 bridgehead atoms. The van der Waals surface area contributed by atoms with Crippen molar-refractivity contribution in [3.63, 3.8) is 0 Å². The maximum atomic E-state index is 13.4. The highest BCUT2D eigenvalue weighted by molar-refractivity contribution is 7.98. The summed E-state index contributed by atoms with van der Waals surface area (Å²) in [6.45, 7) is 0. The second kappa shape index (κ2) is 5.69. The molecule has 0 aliphatic carbocycles. The van der Waals surface area contributed by atoms with Crippen molar-refractivity contribution < 1.29 is 13.9 Å². The molecule has 0 aliphatic heterocycles. The zero-order valence-corrected chi connectivity index (χ0v) is 10.5. The first kappa shape index (κ1) is 12.6. The average molecular weight is 262 g/mol. The molecule has 2 rings (SSSR count). The van der Waals surface area contributed by atoms with Crippen LogP contribution >= 0.6 is 11.8 Å². The van der Waals surface area contributed by atoms with Gasteiger partial charge >= 0.3 is 5.97 Å². The number of esters is 1.